The largest absolute Gasteiger partial charge is 0.465 e. The topological polar surface area (TPSA) is 64.0 Å². The monoisotopic (exact) mass is 296 g/mol. The second kappa shape index (κ2) is 5.40. The molecule has 0 aromatic rings. The number of aliphatic hydroxyl groups excluding tert-OH is 1. The molecule has 1 aliphatic carbocycles. The van der Waals surface area contributed by atoms with Crippen LogP contribution in [0, 0.1) is 5.41 Å². The van der Waals surface area contributed by atoms with E-state index >= 15 is 0 Å². The summed E-state index contributed by atoms with van der Waals surface area (Å²) in [6, 6.07) is -0.553. The van der Waals surface area contributed by atoms with Crippen LogP contribution in [0.1, 0.15) is 19.3 Å². The SMILES string of the molecule is O=C(O)N1CCN(CCC2(C(F)(F)F)CC2)CC1CO. The highest BCUT2D eigenvalue weighted by Gasteiger charge is 2.62. The van der Waals surface area contributed by atoms with Crippen molar-refractivity contribution in [1.82, 2.24) is 9.80 Å². The highest BCUT2D eigenvalue weighted by Crippen LogP contribution is 2.59. The smallest absolute Gasteiger partial charge is 0.407 e. The van der Waals surface area contributed by atoms with Gasteiger partial charge in [-0.25, -0.2) is 4.79 Å². The predicted octanol–water partition coefficient (Wildman–Crippen LogP) is 1.38. The minimum Gasteiger partial charge on any atom is -0.465 e. The summed E-state index contributed by atoms with van der Waals surface area (Å²) in [6.45, 7) is 0.906. The number of carbonyl (C=O) groups is 1. The summed E-state index contributed by atoms with van der Waals surface area (Å²) >= 11 is 0. The Kier molecular flexibility index (Phi) is 4.15. The van der Waals surface area contributed by atoms with Crippen molar-refractivity contribution in [3.05, 3.63) is 0 Å². The Morgan fingerprint density at radius 1 is 1.30 bits per heavy atom. The van der Waals surface area contributed by atoms with E-state index in [9.17, 15) is 23.1 Å². The summed E-state index contributed by atoms with van der Waals surface area (Å²) < 4.78 is 38.4. The van der Waals surface area contributed by atoms with Gasteiger partial charge in [-0.15, -0.1) is 0 Å². The lowest BCUT2D eigenvalue weighted by Gasteiger charge is -2.39. The second-order valence-electron chi connectivity index (χ2n) is 5.64. The van der Waals surface area contributed by atoms with Crippen molar-refractivity contribution < 1.29 is 28.2 Å². The van der Waals surface area contributed by atoms with Gasteiger partial charge in [0.2, 0.25) is 0 Å². The van der Waals surface area contributed by atoms with Crippen LogP contribution in [-0.2, 0) is 0 Å². The van der Waals surface area contributed by atoms with Crippen molar-refractivity contribution in [2.75, 3.05) is 32.8 Å². The summed E-state index contributed by atoms with van der Waals surface area (Å²) in [5.41, 5.74) is -1.52. The van der Waals surface area contributed by atoms with Gasteiger partial charge in [0.1, 0.15) is 0 Å². The van der Waals surface area contributed by atoms with Gasteiger partial charge in [-0.3, -0.25) is 4.90 Å². The van der Waals surface area contributed by atoms with Gasteiger partial charge in [0.25, 0.3) is 0 Å². The average molecular weight is 296 g/mol. The van der Waals surface area contributed by atoms with E-state index in [1.165, 1.54) is 0 Å². The fourth-order valence-electron chi connectivity index (χ4n) is 2.73. The molecule has 2 fully saturated rings. The molecule has 1 aliphatic heterocycles. The molecule has 20 heavy (non-hydrogen) atoms. The number of piperazine rings is 1. The van der Waals surface area contributed by atoms with Gasteiger partial charge in [-0.1, -0.05) is 0 Å². The summed E-state index contributed by atoms with van der Waals surface area (Å²) in [4.78, 5) is 13.9. The molecule has 1 saturated carbocycles. The Labute approximate surface area is 115 Å². The van der Waals surface area contributed by atoms with E-state index in [1.807, 2.05) is 4.90 Å². The van der Waals surface area contributed by atoms with Crippen LogP contribution in [0.2, 0.25) is 0 Å². The van der Waals surface area contributed by atoms with Crippen molar-refractivity contribution in [1.29, 1.82) is 0 Å². The van der Waals surface area contributed by atoms with Crippen molar-refractivity contribution in [2.45, 2.75) is 31.5 Å². The third kappa shape index (κ3) is 3.01. The molecular formula is C12H19F3N2O3. The maximum absolute atomic E-state index is 12.8. The molecule has 0 spiro atoms. The summed E-state index contributed by atoms with van der Waals surface area (Å²) in [6.07, 6.45) is -4.81. The molecule has 0 radical (unpaired) electrons. The highest BCUT2D eigenvalue weighted by atomic mass is 19.4. The Morgan fingerprint density at radius 3 is 2.40 bits per heavy atom. The van der Waals surface area contributed by atoms with Crippen LogP contribution < -0.4 is 0 Å². The number of nitrogens with zero attached hydrogens (tertiary/aromatic N) is 2. The molecule has 2 rings (SSSR count). The van der Waals surface area contributed by atoms with E-state index in [4.69, 9.17) is 5.11 Å². The molecule has 2 N–H and O–H groups in total. The quantitative estimate of drug-likeness (QED) is 0.822. The van der Waals surface area contributed by atoms with Crippen molar-refractivity contribution >= 4 is 6.09 Å². The predicted molar refractivity (Wildman–Crippen MR) is 64.4 cm³/mol. The molecular weight excluding hydrogens is 277 g/mol. The normalized spacial score (nSPS) is 26.6. The van der Waals surface area contributed by atoms with E-state index in [0.29, 0.717) is 13.1 Å². The van der Waals surface area contributed by atoms with E-state index < -0.39 is 23.7 Å². The molecule has 5 nitrogen and oxygen atoms in total. The minimum atomic E-state index is -4.15. The highest BCUT2D eigenvalue weighted by molar-refractivity contribution is 5.65. The summed E-state index contributed by atoms with van der Waals surface area (Å²) in [7, 11) is 0. The molecule has 2 aliphatic rings. The second-order valence-corrected chi connectivity index (χ2v) is 5.64. The molecule has 1 unspecified atom stereocenters. The standard InChI is InChI=1S/C12H19F3N2O3/c13-12(14,15)11(1-2-11)3-4-16-5-6-17(10(19)20)9(7-16)8-18/h9,18H,1-8H2,(H,19,20). The molecule has 116 valence electrons. The van der Waals surface area contributed by atoms with Gasteiger partial charge in [0.15, 0.2) is 0 Å². The molecule has 1 heterocycles. The average Bonchev–Trinajstić information content (AvgIpc) is 3.16. The first-order valence-electron chi connectivity index (χ1n) is 6.68. The van der Waals surface area contributed by atoms with Crippen LogP contribution in [0.25, 0.3) is 0 Å². The molecule has 0 aromatic heterocycles. The fraction of sp³-hybridized carbons (Fsp3) is 0.917. The maximum atomic E-state index is 12.8. The lowest BCUT2D eigenvalue weighted by Crippen LogP contribution is -2.56. The molecule has 0 bridgehead atoms. The number of alkyl halides is 3. The Morgan fingerprint density at radius 2 is 1.95 bits per heavy atom. The van der Waals surface area contributed by atoms with Gasteiger partial charge in [0.05, 0.1) is 18.1 Å². The molecule has 8 heteroatoms. The first-order chi connectivity index (χ1) is 9.29. The zero-order valence-corrected chi connectivity index (χ0v) is 11.1. The number of carboxylic acid groups (broad SMARTS) is 1. The number of hydrogen-bond donors (Lipinski definition) is 2. The van der Waals surface area contributed by atoms with E-state index in [2.05, 4.69) is 0 Å². The van der Waals surface area contributed by atoms with E-state index in [0.717, 1.165) is 4.90 Å². The zero-order valence-electron chi connectivity index (χ0n) is 11.1. The summed E-state index contributed by atoms with van der Waals surface area (Å²) in [5.74, 6) is 0. The lowest BCUT2D eigenvalue weighted by molar-refractivity contribution is -0.190. The Hall–Kier alpha value is -1.02. The minimum absolute atomic E-state index is 0.0573. The third-order valence-corrected chi connectivity index (χ3v) is 4.38. The number of hydrogen-bond acceptors (Lipinski definition) is 3. The number of aliphatic hydroxyl groups is 1. The van der Waals surface area contributed by atoms with Crippen LogP contribution in [0.5, 0.6) is 0 Å². The van der Waals surface area contributed by atoms with Gasteiger partial charge in [0, 0.05) is 19.6 Å². The molecule has 1 atom stereocenters. The fourth-order valence-corrected chi connectivity index (χ4v) is 2.73. The number of amides is 1. The molecule has 1 saturated heterocycles. The van der Waals surface area contributed by atoms with E-state index in [1.54, 1.807) is 0 Å². The molecule has 1 amide bonds. The first-order valence-corrected chi connectivity index (χ1v) is 6.68. The van der Waals surface area contributed by atoms with Crippen molar-refractivity contribution in [2.24, 2.45) is 5.41 Å². The molecule has 0 aromatic carbocycles. The van der Waals surface area contributed by atoms with Crippen LogP contribution in [0.4, 0.5) is 18.0 Å². The third-order valence-electron chi connectivity index (χ3n) is 4.38. The zero-order chi connectivity index (χ0) is 15.0. The maximum Gasteiger partial charge on any atom is 0.407 e. The lowest BCUT2D eigenvalue weighted by atomic mass is 10.0. The van der Waals surface area contributed by atoms with Gasteiger partial charge >= 0.3 is 12.3 Å². The number of halogens is 3. The van der Waals surface area contributed by atoms with Crippen LogP contribution in [-0.4, -0.2) is 71.1 Å². The van der Waals surface area contributed by atoms with Gasteiger partial charge in [-0.2, -0.15) is 13.2 Å². The van der Waals surface area contributed by atoms with Crippen LogP contribution in [0.15, 0.2) is 0 Å². The van der Waals surface area contributed by atoms with Gasteiger partial charge in [-0.05, 0) is 25.8 Å². The Balaban J connectivity index is 1.85. The first kappa shape index (κ1) is 15.4. The van der Waals surface area contributed by atoms with Crippen LogP contribution >= 0.6 is 0 Å². The van der Waals surface area contributed by atoms with Crippen LogP contribution in [0.3, 0.4) is 0 Å². The number of rotatable bonds is 4. The van der Waals surface area contributed by atoms with Gasteiger partial charge < -0.3 is 15.1 Å². The van der Waals surface area contributed by atoms with Crippen molar-refractivity contribution in [3.8, 4) is 0 Å². The summed E-state index contributed by atoms with van der Waals surface area (Å²) in [5, 5.41) is 18.1. The Bertz CT molecular complexity index is 371. The van der Waals surface area contributed by atoms with E-state index in [-0.39, 0.29) is 39.0 Å². The van der Waals surface area contributed by atoms with Crippen molar-refractivity contribution in [3.63, 3.8) is 0 Å².